The lowest BCUT2D eigenvalue weighted by Crippen LogP contribution is -2.25. The van der Waals surface area contributed by atoms with E-state index in [2.05, 4.69) is 17.2 Å². The molecule has 0 atom stereocenters. The number of carbonyl (C=O) groups is 1. The zero-order chi connectivity index (χ0) is 17.2. The molecule has 5 nitrogen and oxygen atoms in total. The van der Waals surface area contributed by atoms with E-state index in [1.807, 2.05) is 6.92 Å². The van der Waals surface area contributed by atoms with Crippen molar-refractivity contribution in [3.05, 3.63) is 71.5 Å². The summed E-state index contributed by atoms with van der Waals surface area (Å²) in [7, 11) is 0. The first-order chi connectivity index (χ1) is 11.0. The Balaban J connectivity index is 2.69. The minimum absolute atomic E-state index is 0.268. The molecule has 0 saturated carbocycles. The van der Waals surface area contributed by atoms with E-state index in [1.54, 1.807) is 25.1 Å². The van der Waals surface area contributed by atoms with Gasteiger partial charge in [0.25, 0.3) is 0 Å². The number of halogens is 1. The van der Waals surface area contributed by atoms with Gasteiger partial charge in [-0.3, -0.25) is 5.32 Å². The van der Waals surface area contributed by atoms with Gasteiger partial charge in [0.1, 0.15) is 5.82 Å². The minimum Gasteiger partial charge on any atom is -0.450 e. The normalized spacial score (nSPS) is 12.2. The van der Waals surface area contributed by atoms with Crippen LogP contribution in [0.5, 0.6) is 0 Å². The van der Waals surface area contributed by atoms with Crippen molar-refractivity contribution in [2.75, 3.05) is 6.61 Å². The lowest BCUT2D eigenvalue weighted by Gasteiger charge is -2.10. The number of amides is 1. The van der Waals surface area contributed by atoms with Crippen molar-refractivity contribution in [1.29, 1.82) is 0 Å². The topological polar surface area (TPSA) is 76.4 Å². The highest BCUT2D eigenvalue weighted by Crippen LogP contribution is 2.05. The molecule has 0 saturated heterocycles. The summed E-state index contributed by atoms with van der Waals surface area (Å²) in [5.74, 6) is -0.270. The van der Waals surface area contributed by atoms with Gasteiger partial charge in [-0.25, -0.2) is 9.18 Å². The Morgan fingerprint density at radius 1 is 1.39 bits per heavy atom. The maximum atomic E-state index is 12.8. The molecule has 124 valence electrons. The monoisotopic (exact) mass is 319 g/mol. The van der Waals surface area contributed by atoms with E-state index in [0.717, 1.165) is 11.3 Å². The van der Waals surface area contributed by atoms with Crippen LogP contribution in [-0.2, 0) is 11.3 Å². The first-order valence-electron chi connectivity index (χ1n) is 7.18. The second-order valence-electron chi connectivity index (χ2n) is 4.73. The predicted molar refractivity (Wildman–Crippen MR) is 88.6 cm³/mol. The van der Waals surface area contributed by atoms with Crippen LogP contribution < -0.4 is 16.4 Å². The SMILES string of the molecule is C=C/C(NC(=O)OCC)=C(N)\C=C(/C)NCc1ccc(F)cc1. The zero-order valence-corrected chi connectivity index (χ0v) is 13.4. The molecule has 0 fully saturated rings. The fraction of sp³-hybridized carbons (Fsp3) is 0.235. The van der Waals surface area contributed by atoms with Gasteiger partial charge in [-0.2, -0.15) is 0 Å². The first-order valence-corrected chi connectivity index (χ1v) is 7.18. The molecule has 0 aliphatic carbocycles. The number of allylic oxidation sites excluding steroid dienone is 3. The molecule has 0 radical (unpaired) electrons. The molecule has 0 heterocycles. The number of nitrogens with one attached hydrogen (secondary N) is 2. The largest absolute Gasteiger partial charge is 0.450 e. The van der Waals surface area contributed by atoms with Crippen LogP contribution in [0.4, 0.5) is 9.18 Å². The van der Waals surface area contributed by atoms with E-state index in [4.69, 9.17) is 10.5 Å². The predicted octanol–water partition coefficient (Wildman–Crippen LogP) is 2.92. The summed E-state index contributed by atoms with van der Waals surface area (Å²) in [6, 6.07) is 6.21. The van der Waals surface area contributed by atoms with E-state index in [0.29, 0.717) is 17.9 Å². The highest BCUT2D eigenvalue weighted by molar-refractivity contribution is 5.70. The molecular weight excluding hydrogens is 297 g/mol. The Morgan fingerprint density at radius 2 is 2.04 bits per heavy atom. The number of ether oxygens (including phenoxy) is 1. The summed E-state index contributed by atoms with van der Waals surface area (Å²) in [6.45, 7) is 7.96. The lowest BCUT2D eigenvalue weighted by atomic mass is 10.2. The molecule has 0 aromatic heterocycles. The standard InChI is InChI=1S/C17H22FN3O2/c1-4-16(21-17(22)23-5-2)15(19)10-12(3)20-11-13-6-8-14(18)9-7-13/h4,6-10,20H,1,5,11,19H2,2-3H3,(H,21,22)/b12-10+,16-15-. The molecule has 6 heteroatoms. The summed E-state index contributed by atoms with van der Waals surface area (Å²) in [5, 5.41) is 5.67. The maximum Gasteiger partial charge on any atom is 0.411 e. The fourth-order valence-electron chi connectivity index (χ4n) is 1.72. The molecule has 0 aliphatic heterocycles. The molecule has 1 aromatic carbocycles. The van der Waals surface area contributed by atoms with Gasteiger partial charge in [-0.15, -0.1) is 0 Å². The summed E-state index contributed by atoms with van der Waals surface area (Å²) in [4.78, 5) is 11.4. The third-order valence-corrected chi connectivity index (χ3v) is 2.88. The Bertz CT molecular complexity index is 607. The van der Waals surface area contributed by atoms with Crippen molar-refractivity contribution < 1.29 is 13.9 Å². The molecule has 0 unspecified atom stereocenters. The molecule has 1 amide bonds. The van der Waals surface area contributed by atoms with E-state index < -0.39 is 6.09 Å². The molecule has 0 spiro atoms. The Morgan fingerprint density at radius 3 is 2.61 bits per heavy atom. The smallest absolute Gasteiger partial charge is 0.411 e. The van der Waals surface area contributed by atoms with Gasteiger partial charge < -0.3 is 15.8 Å². The Labute approximate surface area is 135 Å². The summed E-state index contributed by atoms with van der Waals surface area (Å²) in [5.41, 5.74) is 8.38. The van der Waals surface area contributed by atoms with Crippen LogP contribution in [-0.4, -0.2) is 12.7 Å². The molecular formula is C17H22FN3O2. The van der Waals surface area contributed by atoms with Gasteiger partial charge in [0.15, 0.2) is 0 Å². The number of benzene rings is 1. The molecule has 4 N–H and O–H groups in total. The average molecular weight is 319 g/mol. The lowest BCUT2D eigenvalue weighted by molar-refractivity contribution is 0.155. The van der Waals surface area contributed by atoms with Gasteiger partial charge in [0.2, 0.25) is 0 Å². The van der Waals surface area contributed by atoms with Gasteiger partial charge >= 0.3 is 6.09 Å². The molecule has 1 rings (SSSR count). The first kappa shape index (κ1) is 18.3. The number of hydrogen-bond acceptors (Lipinski definition) is 4. The van der Waals surface area contributed by atoms with Crippen molar-refractivity contribution in [2.24, 2.45) is 5.73 Å². The van der Waals surface area contributed by atoms with Crippen LogP contribution in [0.15, 0.2) is 60.1 Å². The van der Waals surface area contributed by atoms with E-state index in [1.165, 1.54) is 18.2 Å². The second-order valence-corrected chi connectivity index (χ2v) is 4.73. The number of nitrogens with two attached hydrogens (primary N) is 1. The molecule has 0 bridgehead atoms. The highest BCUT2D eigenvalue weighted by Gasteiger charge is 2.05. The summed E-state index contributed by atoms with van der Waals surface area (Å²) >= 11 is 0. The Hall–Kier alpha value is -2.76. The summed E-state index contributed by atoms with van der Waals surface area (Å²) in [6.07, 6.45) is 2.53. The third kappa shape index (κ3) is 6.69. The number of carbonyl (C=O) groups excluding carboxylic acids is 1. The third-order valence-electron chi connectivity index (χ3n) is 2.88. The van der Waals surface area contributed by atoms with E-state index in [-0.39, 0.29) is 12.4 Å². The van der Waals surface area contributed by atoms with Crippen LogP contribution >= 0.6 is 0 Å². The quantitative estimate of drug-likeness (QED) is 0.675. The number of hydrogen-bond donors (Lipinski definition) is 3. The fourth-order valence-corrected chi connectivity index (χ4v) is 1.72. The Kier molecular flexibility index (Phi) is 7.39. The van der Waals surface area contributed by atoms with Crippen molar-refractivity contribution in [1.82, 2.24) is 10.6 Å². The van der Waals surface area contributed by atoms with Crippen LogP contribution in [0.3, 0.4) is 0 Å². The van der Waals surface area contributed by atoms with Crippen molar-refractivity contribution >= 4 is 6.09 Å². The number of alkyl carbamates (subject to hydrolysis) is 1. The van der Waals surface area contributed by atoms with Gasteiger partial charge in [0.05, 0.1) is 18.0 Å². The average Bonchev–Trinajstić information content (AvgIpc) is 2.52. The second kappa shape index (κ2) is 9.30. The van der Waals surface area contributed by atoms with Crippen LogP contribution in [0, 0.1) is 5.82 Å². The van der Waals surface area contributed by atoms with Gasteiger partial charge in [-0.1, -0.05) is 18.7 Å². The van der Waals surface area contributed by atoms with Gasteiger partial charge in [0, 0.05) is 12.2 Å². The minimum atomic E-state index is -0.587. The maximum absolute atomic E-state index is 12.8. The van der Waals surface area contributed by atoms with Crippen LogP contribution in [0.1, 0.15) is 19.4 Å². The van der Waals surface area contributed by atoms with E-state index in [9.17, 15) is 9.18 Å². The van der Waals surface area contributed by atoms with Gasteiger partial charge in [-0.05, 0) is 43.7 Å². The zero-order valence-electron chi connectivity index (χ0n) is 13.4. The van der Waals surface area contributed by atoms with Crippen molar-refractivity contribution in [3.63, 3.8) is 0 Å². The van der Waals surface area contributed by atoms with Crippen molar-refractivity contribution in [3.8, 4) is 0 Å². The summed E-state index contributed by atoms with van der Waals surface area (Å²) < 4.78 is 17.6. The number of rotatable bonds is 7. The molecule has 0 aliphatic rings. The highest BCUT2D eigenvalue weighted by atomic mass is 19.1. The molecule has 23 heavy (non-hydrogen) atoms. The van der Waals surface area contributed by atoms with Crippen LogP contribution in [0.25, 0.3) is 0 Å². The van der Waals surface area contributed by atoms with E-state index >= 15 is 0 Å². The molecule has 1 aromatic rings. The van der Waals surface area contributed by atoms with Crippen LogP contribution in [0.2, 0.25) is 0 Å². The van der Waals surface area contributed by atoms with Crippen molar-refractivity contribution in [2.45, 2.75) is 20.4 Å².